The Bertz CT molecular complexity index is 1040. The number of para-hydroxylation sites is 1. The smallest absolute Gasteiger partial charge is 0.310 e. The number of aromatic nitrogens is 1. The quantitative estimate of drug-likeness (QED) is 0.416. The number of carbonyl (C=O) groups excluding carboxylic acids is 1. The average molecular weight is 419 g/mol. The fourth-order valence-electron chi connectivity index (χ4n) is 5.15. The lowest BCUT2D eigenvalue weighted by molar-refractivity contribution is -0.156. The summed E-state index contributed by atoms with van der Waals surface area (Å²) in [6.07, 6.45) is 6.18. The third-order valence-electron chi connectivity index (χ3n) is 6.68. The predicted molar refractivity (Wildman–Crippen MR) is 120 cm³/mol. The number of pyridine rings is 1. The molecule has 2 aromatic heterocycles. The van der Waals surface area contributed by atoms with Crippen LogP contribution in [0.2, 0.25) is 0 Å². The van der Waals surface area contributed by atoms with E-state index in [1.165, 1.54) is 6.42 Å². The lowest BCUT2D eigenvalue weighted by Gasteiger charge is -2.51. The molecule has 3 saturated heterocycles. The summed E-state index contributed by atoms with van der Waals surface area (Å²) in [5.41, 5.74) is 3.02. The van der Waals surface area contributed by atoms with E-state index in [4.69, 9.17) is 4.74 Å². The number of thiophene rings is 1. The van der Waals surface area contributed by atoms with Crippen molar-refractivity contribution in [1.82, 2.24) is 9.88 Å². The van der Waals surface area contributed by atoms with Crippen molar-refractivity contribution in [3.8, 4) is 0 Å². The summed E-state index contributed by atoms with van der Waals surface area (Å²) in [4.78, 5) is 20.0. The van der Waals surface area contributed by atoms with Crippen molar-refractivity contribution in [2.24, 2.45) is 11.8 Å². The summed E-state index contributed by atoms with van der Waals surface area (Å²) in [6, 6.07) is 12.3. The van der Waals surface area contributed by atoms with Gasteiger partial charge in [-0.05, 0) is 65.7 Å². The van der Waals surface area contributed by atoms with Gasteiger partial charge in [0, 0.05) is 23.7 Å². The lowest BCUT2D eigenvalue weighted by atomic mass is 9.73. The monoisotopic (exact) mass is 418 g/mol. The van der Waals surface area contributed by atoms with E-state index in [-0.39, 0.29) is 18.1 Å². The van der Waals surface area contributed by atoms with Crippen molar-refractivity contribution in [2.45, 2.75) is 31.4 Å². The van der Waals surface area contributed by atoms with E-state index in [1.54, 1.807) is 11.3 Å². The van der Waals surface area contributed by atoms with Gasteiger partial charge in [-0.3, -0.25) is 14.7 Å². The molecule has 154 valence electrons. The third-order valence-corrected chi connectivity index (χ3v) is 7.41. The summed E-state index contributed by atoms with van der Waals surface area (Å²) >= 11 is 1.61. The maximum atomic E-state index is 12.9. The van der Waals surface area contributed by atoms with Crippen LogP contribution in [0.25, 0.3) is 10.9 Å². The Morgan fingerprint density at radius 3 is 3.00 bits per heavy atom. The first-order valence-corrected chi connectivity index (χ1v) is 11.6. The maximum Gasteiger partial charge on any atom is 0.310 e. The number of hydrogen-bond donors (Lipinski definition) is 0. The number of benzene rings is 1. The van der Waals surface area contributed by atoms with Crippen molar-refractivity contribution in [3.63, 3.8) is 0 Å². The van der Waals surface area contributed by atoms with Crippen molar-refractivity contribution in [2.75, 3.05) is 13.1 Å². The first-order chi connectivity index (χ1) is 14.7. The highest BCUT2D eigenvalue weighted by atomic mass is 32.1. The molecule has 0 spiro atoms. The number of piperidine rings is 3. The minimum absolute atomic E-state index is 0.165. The topological polar surface area (TPSA) is 42.4 Å². The fourth-order valence-corrected chi connectivity index (χ4v) is 5.82. The zero-order valence-corrected chi connectivity index (χ0v) is 17.8. The Morgan fingerprint density at radius 2 is 2.23 bits per heavy atom. The molecule has 0 radical (unpaired) electrons. The van der Waals surface area contributed by atoms with Gasteiger partial charge in [0.15, 0.2) is 0 Å². The molecule has 0 N–H and O–H groups in total. The van der Waals surface area contributed by atoms with Crippen LogP contribution >= 0.6 is 11.3 Å². The maximum absolute atomic E-state index is 12.9. The van der Waals surface area contributed by atoms with Crippen LogP contribution in [-0.4, -0.2) is 35.0 Å². The van der Waals surface area contributed by atoms with Crippen molar-refractivity contribution in [3.05, 3.63) is 77.1 Å². The molecule has 30 heavy (non-hydrogen) atoms. The van der Waals surface area contributed by atoms with Crippen LogP contribution < -0.4 is 0 Å². The molecule has 2 bridgehead atoms. The number of carbonyl (C=O) groups is 1. The second-order valence-corrected chi connectivity index (χ2v) is 9.16. The van der Waals surface area contributed by atoms with E-state index in [1.807, 2.05) is 47.3 Å². The van der Waals surface area contributed by atoms with Gasteiger partial charge in [-0.15, -0.1) is 6.58 Å². The second-order valence-electron chi connectivity index (χ2n) is 8.38. The highest BCUT2D eigenvalue weighted by Gasteiger charge is 2.44. The SMILES string of the molecule is C=C[C@H]1CN2CC[C@@H]1C[C@@H]2[C@@H](OC(=O)Cc1ccsc1)c1ccnc2ccccc12. The Hall–Kier alpha value is -2.50. The van der Waals surface area contributed by atoms with Crippen molar-refractivity contribution >= 4 is 28.2 Å². The van der Waals surface area contributed by atoms with E-state index in [0.29, 0.717) is 18.3 Å². The van der Waals surface area contributed by atoms with Gasteiger partial charge in [0.05, 0.1) is 18.0 Å². The molecule has 0 saturated carbocycles. The van der Waals surface area contributed by atoms with Gasteiger partial charge >= 0.3 is 5.97 Å². The number of fused-ring (bicyclic) bond motifs is 4. The molecule has 1 aromatic carbocycles. The summed E-state index contributed by atoms with van der Waals surface area (Å²) in [5, 5.41) is 5.08. The number of rotatable bonds is 6. The van der Waals surface area contributed by atoms with Crippen LogP contribution in [0.1, 0.15) is 30.1 Å². The summed E-state index contributed by atoms with van der Waals surface area (Å²) in [7, 11) is 0. The molecule has 0 amide bonds. The van der Waals surface area contributed by atoms with Crippen LogP contribution in [0.3, 0.4) is 0 Å². The number of esters is 1. The van der Waals surface area contributed by atoms with Gasteiger partial charge in [0.2, 0.25) is 0 Å². The lowest BCUT2D eigenvalue weighted by Crippen LogP contribution is -2.55. The minimum atomic E-state index is -0.294. The van der Waals surface area contributed by atoms with Gasteiger partial charge in [-0.1, -0.05) is 24.3 Å². The number of nitrogens with zero attached hydrogens (tertiary/aromatic N) is 2. The van der Waals surface area contributed by atoms with Crippen LogP contribution in [-0.2, 0) is 16.0 Å². The van der Waals surface area contributed by atoms with E-state index >= 15 is 0 Å². The Morgan fingerprint density at radius 1 is 1.33 bits per heavy atom. The van der Waals surface area contributed by atoms with E-state index in [0.717, 1.165) is 41.5 Å². The van der Waals surface area contributed by atoms with Crippen LogP contribution in [0.5, 0.6) is 0 Å². The summed E-state index contributed by atoms with van der Waals surface area (Å²) in [5.74, 6) is 0.984. The molecule has 6 rings (SSSR count). The molecule has 5 heterocycles. The first-order valence-electron chi connectivity index (χ1n) is 10.6. The molecule has 4 nitrogen and oxygen atoms in total. The molecule has 5 atom stereocenters. The molecule has 3 aliphatic rings. The first kappa shape index (κ1) is 19.5. The molecular weight excluding hydrogens is 392 g/mol. The molecule has 5 heteroatoms. The van der Waals surface area contributed by atoms with Crippen LogP contribution in [0.15, 0.2) is 66.0 Å². The highest BCUT2D eigenvalue weighted by molar-refractivity contribution is 7.08. The number of hydrogen-bond acceptors (Lipinski definition) is 5. The van der Waals surface area contributed by atoms with Gasteiger partial charge in [0.25, 0.3) is 0 Å². The van der Waals surface area contributed by atoms with Gasteiger partial charge in [-0.25, -0.2) is 0 Å². The second kappa shape index (κ2) is 8.32. The Labute approximate surface area is 181 Å². The number of ether oxygens (including phenoxy) is 1. The molecule has 3 aromatic rings. The zero-order valence-electron chi connectivity index (χ0n) is 16.9. The zero-order chi connectivity index (χ0) is 20.5. The molecule has 1 unspecified atom stereocenters. The largest absolute Gasteiger partial charge is 0.456 e. The summed E-state index contributed by atoms with van der Waals surface area (Å²) < 4.78 is 6.25. The molecule has 3 fully saturated rings. The van der Waals surface area contributed by atoms with E-state index in [2.05, 4.69) is 28.6 Å². The minimum Gasteiger partial charge on any atom is -0.456 e. The van der Waals surface area contributed by atoms with E-state index in [9.17, 15) is 4.79 Å². The average Bonchev–Trinajstić information content (AvgIpc) is 3.30. The molecule has 0 aliphatic carbocycles. The summed E-state index contributed by atoms with van der Waals surface area (Å²) in [6.45, 7) is 6.10. The Kier molecular flexibility index (Phi) is 5.40. The fraction of sp³-hybridized carbons (Fsp3) is 0.360. The van der Waals surface area contributed by atoms with Crippen molar-refractivity contribution < 1.29 is 9.53 Å². The van der Waals surface area contributed by atoms with E-state index < -0.39 is 0 Å². The molecule has 3 aliphatic heterocycles. The highest BCUT2D eigenvalue weighted by Crippen LogP contribution is 2.43. The van der Waals surface area contributed by atoms with Gasteiger partial charge in [-0.2, -0.15) is 11.3 Å². The van der Waals surface area contributed by atoms with Crippen LogP contribution in [0.4, 0.5) is 0 Å². The van der Waals surface area contributed by atoms with Gasteiger partial charge < -0.3 is 4.74 Å². The molecular formula is C25H26N2O2S. The normalized spacial score (nSPS) is 26.4. The van der Waals surface area contributed by atoms with Crippen molar-refractivity contribution in [1.29, 1.82) is 0 Å². The third kappa shape index (κ3) is 3.68. The van der Waals surface area contributed by atoms with Gasteiger partial charge in [0.1, 0.15) is 6.10 Å². The van der Waals surface area contributed by atoms with Crippen LogP contribution in [0, 0.1) is 11.8 Å². The Balaban J connectivity index is 1.49. The predicted octanol–water partition coefficient (Wildman–Crippen LogP) is 5.02. The standard InChI is InChI=1S/C25H26N2O2S/c1-2-18-15-27-11-8-19(18)14-23(27)25(29-24(28)13-17-9-12-30-16-17)21-7-10-26-22-6-4-3-5-20(21)22/h2-7,9-10,12,16,18-19,23,25H,1,8,11,13-15H2/t18-,19+,23+,25-/m0/s1.